The number of aliphatic hydroxyl groups is 1. The summed E-state index contributed by atoms with van der Waals surface area (Å²) in [5.41, 5.74) is 1.77. The summed E-state index contributed by atoms with van der Waals surface area (Å²) in [6, 6.07) is 15.9. The van der Waals surface area contributed by atoms with Crippen LogP contribution < -0.4 is 0 Å². The summed E-state index contributed by atoms with van der Waals surface area (Å²) in [6.07, 6.45) is 0.954. The number of fused-ring (bicyclic) bond motifs is 1. The summed E-state index contributed by atoms with van der Waals surface area (Å²) >= 11 is 0. The molecule has 0 spiro atoms. The number of carbonyl (C=O) groups excluding carboxylic acids is 4. The van der Waals surface area contributed by atoms with Gasteiger partial charge in [0.1, 0.15) is 6.61 Å². The lowest BCUT2D eigenvalue weighted by molar-refractivity contribution is -0.138. The van der Waals surface area contributed by atoms with Crippen LogP contribution in [0.1, 0.15) is 65.8 Å². The SMILES string of the molecule is CC(C)[C@@H]1COC(=O)N1C(=O)[C@H](Cc1ccccc1)[C@@H](O)CCCCCN1C(=O)c2ccccc2C1=O. The van der Waals surface area contributed by atoms with Gasteiger partial charge in [0.25, 0.3) is 11.8 Å². The fourth-order valence-electron chi connectivity index (χ4n) is 5.06. The van der Waals surface area contributed by atoms with Crippen LogP contribution in [0.25, 0.3) is 0 Å². The van der Waals surface area contributed by atoms with Crippen molar-refractivity contribution in [1.82, 2.24) is 9.80 Å². The smallest absolute Gasteiger partial charge is 0.416 e. The fraction of sp³-hybridized carbons (Fsp3) is 0.448. The summed E-state index contributed by atoms with van der Waals surface area (Å²) in [4.78, 5) is 53.5. The van der Waals surface area contributed by atoms with Crippen molar-refractivity contribution in [3.63, 3.8) is 0 Å². The van der Waals surface area contributed by atoms with E-state index >= 15 is 0 Å². The highest BCUT2D eigenvalue weighted by molar-refractivity contribution is 6.21. The van der Waals surface area contributed by atoms with Gasteiger partial charge in [0.15, 0.2) is 0 Å². The number of hydrogen-bond donors (Lipinski definition) is 1. The Morgan fingerprint density at radius 1 is 0.946 bits per heavy atom. The number of cyclic esters (lactones) is 1. The minimum atomic E-state index is -0.951. The molecule has 2 aromatic rings. The molecule has 2 heterocycles. The zero-order chi connectivity index (χ0) is 26.5. The van der Waals surface area contributed by atoms with Crippen LogP contribution in [0.2, 0.25) is 0 Å². The molecule has 0 aliphatic carbocycles. The third-order valence-corrected chi connectivity index (χ3v) is 7.25. The van der Waals surface area contributed by atoms with Crippen LogP contribution in [0, 0.1) is 11.8 Å². The molecule has 37 heavy (non-hydrogen) atoms. The molecule has 1 N–H and O–H groups in total. The molecule has 1 saturated heterocycles. The van der Waals surface area contributed by atoms with E-state index in [9.17, 15) is 24.3 Å². The second-order valence-electron chi connectivity index (χ2n) is 10.1. The van der Waals surface area contributed by atoms with Crippen molar-refractivity contribution in [2.45, 2.75) is 58.1 Å². The molecule has 0 saturated carbocycles. The number of rotatable bonds is 11. The Morgan fingerprint density at radius 2 is 1.57 bits per heavy atom. The molecule has 8 heteroatoms. The molecule has 2 aromatic carbocycles. The first kappa shape index (κ1) is 26.5. The van der Waals surface area contributed by atoms with E-state index in [0.717, 1.165) is 5.56 Å². The van der Waals surface area contributed by atoms with E-state index < -0.39 is 24.0 Å². The van der Waals surface area contributed by atoms with E-state index in [2.05, 4.69) is 0 Å². The average molecular weight is 507 g/mol. The van der Waals surface area contributed by atoms with Crippen molar-refractivity contribution in [2.24, 2.45) is 11.8 Å². The van der Waals surface area contributed by atoms with Crippen molar-refractivity contribution in [2.75, 3.05) is 13.2 Å². The topological polar surface area (TPSA) is 104 Å². The summed E-state index contributed by atoms with van der Waals surface area (Å²) in [6.45, 7) is 4.34. The monoisotopic (exact) mass is 506 g/mol. The number of unbranched alkanes of at least 4 members (excludes halogenated alkanes) is 2. The summed E-state index contributed by atoms with van der Waals surface area (Å²) in [7, 11) is 0. The van der Waals surface area contributed by atoms with Crippen molar-refractivity contribution in [3.05, 3.63) is 71.3 Å². The van der Waals surface area contributed by atoms with Gasteiger partial charge in [-0.2, -0.15) is 0 Å². The van der Waals surface area contributed by atoms with E-state index in [1.807, 2.05) is 44.2 Å². The van der Waals surface area contributed by atoms with Crippen LogP contribution in [0.15, 0.2) is 54.6 Å². The fourth-order valence-corrected chi connectivity index (χ4v) is 5.06. The van der Waals surface area contributed by atoms with Gasteiger partial charge in [-0.1, -0.05) is 69.2 Å². The van der Waals surface area contributed by atoms with Crippen LogP contribution in [0.5, 0.6) is 0 Å². The van der Waals surface area contributed by atoms with Gasteiger partial charge in [0, 0.05) is 6.54 Å². The number of ether oxygens (including phenoxy) is 1. The molecule has 2 aliphatic heterocycles. The van der Waals surface area contributed by atoms with Crippen LogP contribution >= 0.6 is 0 Å². The minimum absolute atomic E-state index is 0.0343. The third-order valence-electron chi connectivity index (χ3n) is 7.25. The normalized spacial score (nSPS) is 18.8. The summed E-state index contributed by atoms with van der Waals surface area (Å²) in [5, 5.41) is 11.1. The van der Waals surface area contributed by atoms with Crippen LogP contribution in [0.4, 0.5) is 4.79 Å². The van der Waals surface area contributed by atoms with Crippen molar-refractivity contribution >= 4 is 23.8 Å². The molecule has 8 nitrogen and oxygen atoms in total. The molecule has 4 rings (SSSR count). The predicted octanol–water partition coefficient (Wildman–Crippen LogP) is 4.07. The Kier molecular flexibility index (Phi) is 8.38. The predicted molar refractivity (Wildman–Crippen MR) is 137 cm³/mol. The third kappa shape index (κ3) is 5.74. The number of amides is 4. The zero-order valence-corrected chi connectivity index (χ0v) is 21.3. The molecular weight excluding hydrogens is 472 g/mol. The number of nitrogens with zero attached hydrogens (tertiary/aromatic N) is 2. The van der Waals surface area contributed by atoms with E-state index in [0.29, 0.717) is 49.8 Å². The lowest BCUT2D eigenvalue weighted by atomic mass is 9.89. The van der Waals surface area contributed by atoms with Gasteiger partial charge < -0.3 is 9.84 Å². The molecule has 196 valence electrons. The van der Waals surface area contributed by atoms with Crippen molar-refractivity contribution < 1.29 is 29.0 Å². The van der Waals surface area contributed by atoms with E-state index in [4.69, 9.17) is 4.74 Å². The van der Waals surface area contributed by atoms with E-state index in [1.165, 1.54) is 9.80 Å². The molecule has 1 fully saturated rings. The lowest BCUT2D eigenvalue weighted by Gasteiger charge is -2.29. The second-order valence-corrected chi connectivity index (χ2v) is 10.1. The van der Waals surface area contributed by atoms with Gasteiger partial charge in [0.2, 0.25) is 5.91 Å². The number of imide groups is 2. The number of hydrogen-bond acceptors (Lipinski definition) is 6. The number of benzene rings is 2. The maximum atomic E-state index is 13.5. The number of carbonyl (C=O) groups is 4. The van der Waals surface area contributed by atoms with E-state index in [1.54, 1.807) is 24.3 Å². The largest absolute Gasteiger partial charge is 0.447 e. The van der Waals surface area contributed by atoms with Gasteiger partial charge in [-0.25, -0.2) is 9.69 Å². The molecule has 3 atom stereocenters. The van der Waals surface area contributed by atoms with Gasteiger partial charge in [-0.15, -0.1) is 0 Å². The van der Waals surface area contributed by atoms with Crippen LogP contribution in [-0.2, 0) is 16.0 Å². The molecule has 0 aromatic heterocycles. The van der Waals surface area contributed by atoms with Gasteiger partial charge in [0.05, 0.1) is 29.2 Å². The standard InChI is InChI=1S/C29H34N2O6/c1-19(2)24-18-37-29(36)31(24)28(35)23(17-20-11-5-3-6-12-20)25(32)15-7-4-10-16-30-26(33)21-13-8-9-14-22(21)27(30)34/h3,5-6,8-9,11-14,19,23-25,32H,4,7,10,15-18H2,1-2H3/t23-,24+,25+/m1/s1. The van der Waals surface area contributed by atoms with Gasteiger partial charge in [-0.05, 0) is 42.9 Å². The highest BCUT2D eigenvalue weighted by Crippen LogP contribution is 2.27. The second kappa shape index (κ2) is 11.7. The summed E-state index contributed by atoms with van der Waals surface area (Å²) < 4.78 is 5.17. The molecule has 0 unspecified atom stereocenters. The molecule has 2 aliphatic rings. The number of aliphatic hydroxyl groups excluding tert-OH is 1. The zero-order valence-electron chi connectivity index (χ0n) is 21.3. The molecule has 0 radical (unpaired) electrons. The van der Waals surface area contributed by atoms with Crippen LogP contribution in [0.3, 0.4) is 0 Å². The maximum absolute atomic E-state index is 13.5. The quantitative estimate of drug-likeness (QED) is 0.364. The Bertz CT molecular complexity index is 1110. The lowest BCUT2D eigenvalue weighted by Crippen LogP contribution is -2.48. The Balaban J connectivity index is 1.35. The van der Waals surface area contributed by atoms with Gasteiger partial charge in [-0.3, -0.25) is 19.3 Å². The molecule has 0 bridgehead atoms. The minimum Gasteiger partial charge on any atom is -0.447 e. The molecular formula is C29H34N2O6. The first-order valence-electron chi connectivity index (χ1n) is 13.0. The van der Waals surface area contributed by atoms with Crippen molar-refractivity contribution in [3.8, 4) is 0 Å². The first-order valence-corrected chi connectivity index (χ1v) is 13.0. The summed E-state index contributed by atoms with van der Waals surface area (Å²) in [5.74, 6) is -1.71. The highest BCUT2D eigenvalue weighted by Gasteiger charge is 2.43. The average Bonchev–Trinajstić information content (AvgIpc) is 3.40. The van der Waals surface area contributed by atoms with Gasteiger partial charge >= 0.3 is 6.09 Å². The molecule has 4 amide bonds. The van der Waals surface area contributed by atoms with Crippen LogP contribution in [-0.4, -0.2) is 64.0 Å². The maximum Gasteiger partial charge on any atom is 0.416 e. The first-order chi connectivity index (χ1) is 17.8. The highest BCUT2D eigenvalue weighted by atomic mass is 16.6. The Hall–Kier alpha value is -3.52. The van der Waals surface area contributed by atoms with Crippen molar-refractivity contribution in [1.29, 1.82) is 0 Å². The Morgan fingerprint density at radius 3 is 2.19 bits per heavy atom. The Labute approximate surface area is 217 Å². The van der Waals surface area contributed by atoms with E-state index in [-0.39, 0.29) is 30.4 Å².